The highest BCUT2D eigenvalue weighted by Gasteiger charge is 2.56. The maximum atomic E-state index is 13.6. The summed E-state index contributed by atoms with van der Waals surface area (Å²) in [6.45, 7) is 8.51. The maximum Gasteiger partial charge on any atom is 0.245 e. The number of hydrogen-bond acceptors (Lipinski definition) is 9. The van der Waals surface area contributed by atoms with Crippen molar-refractivity contribution in [2.24, 2.45) is 10.9 Å². The molecule has 3 aromatic rings. The summed E-state index contributed by atoms with van der Waals surface area (Å²) in [4.78, 5) is 49.5. The monoisotopic (exact) mass is 510 g/mol. The minimum absolute atomic E-state index is 0.0137. The average molecular weight is 511 g/mol. The van der Waals surface area contributed by atoms with E-state index in [0.717, 1.165) is 6.42 Å². The first kappa shape index (κ1) is 24.9. The largest absolute Gasteiger partial charge is 0.327 e. The minimum atomic E-state index is -0.616. The highest BCUT2D eigenvalue weighted by Crippen LogP contribution is 2.48. The van der Waals surface area contributed by atoms with E-state index in [0.29, 0.717) is 34.9 Å². The Hall–Kier alpha value is -4.80. The number of aromatic nitrogens is 5. The van der Waals surface area contributed by atoms with Crippen LogP contribution in [0, 0.1) is 5.92 Å². The number of hydrogen-bond donors (Lipinski definition) is 1. The Morgan fingerprint density at radius 2 is 2.08 bits per heavy atom. The van der Waals surface area contributed by atoms with Crippen LogP contribution in [-0.2, 0) is 16.1 Å². The first-order valence-electron chi connectivity index (χ1n) is 12.2. The van der Waals surface area contributed by atoms with E-state index in [9.17, 15) is 14.4 Å². The average Bonchev–Trinajstić information content (AvgIpc) is 3.42. The summed E-state index contributed by atoms with van der Waals surface area (Å²) in [5.41, 5.74) is 0.982. The molecule has 3 aromatic heterocycles. The summed E-state index contributed by atoms with van der Waals surface area (Å²) in [6, 6.07) is 4.57. The van der Waals surface area contributed by atoms with Gasteiger partial charge in [0, 0.05) is 30.7 Å². The van der Waals surface area contributed by atoms with Gasteiger partial charge in [0.2, 0.25) is 11.7 Å². The number of rotatable bonds is 10. The van der Waals surface area contributed by atoms with Gasteiger partial charge in [-0.1, -0.05) is 25.3 Å². The van der Waals surface area contributed by atoms with Crippen molar-refractivity contribution in [3.8, 4) is 0 Å². The summed E-state index contributed by atoms with van der Waals surface area (Å²) in [5.74, 6) is 0.518. The number of carbonyl (C=O) groups is 3. The molecule has 11 heteroatoms. The number of anilines is 2. The molecule has 5 rings (SSSR count). The van der Waals surface area contributed by atoms with Crippen LogP contribution < -0.4 is 5.32 Å². The highest BCUT2D eigenvalue weighted by atomic mass is 16.2. The van der Waals surface area contributed by atoms with Crippen LogP contribution in [0.2, 0.25) is 0 Å². The van der Waals surface area contributed by atoms with Crippen molar-refractivity contribution in [2.45, 2.75) is 38.4 Å². The molecule has 192 valence electrons. The molecular formula is C27H26N8O3. The Kier molecular flexibility index (Phi) is 6.73. The van der Waals surface area contributed by atoms with Crippen LogP contribution in [0.5, 0.6) is 0 Å². The van der Waals surface area contributed by atoms with E-state index in [2.05, 4.69) is 43.7 Å². The molecular weight excluding hydrogens is 484 g/mol. The number of carbonyl (C=O) groups excluding carboxylic acids is 3. The van der Waals surface area contributed by atoms with E-state index in [1.807, 2.05) is 0 Å². The summed E-state index contributed by atoms with van der Waals surface area (Å²) in [5, 5.41) is 15.9. The predicted octanol–water partition coefficient (Wildman–Crippen LogP) is 3.05. The van der Waals surface area contributed by atoms with Crippen LogP contribution in [0.3, 0.4) is 0 Å². The van der Waals surface area contributed by atoms with Gasteiger partial charge in [-0.2, -0.15) is 10.2 Å². The van der Waals surface area contributed by atoms with Crippen molar-refractivity contribution in [3.63, 3.8) is 0 Å². The number of nitrogens with zero attached hydrogens (tertiary/aromatic N) is 7. The van der Waals surface area contributed by atoms with Gasteiger partial charge < -0.3 is 10.2 Å². The lowest BCUT2D eigenvalue weighted by Gasteiger charge is -2.26. The molecule has 11 nitrogen and oxygen atoms in total. The molecule has 38 heavy (non-hydrogen) atoms. The molecule has 2 fully saturated rings. The second kappa shape index (κ2) is 10.3. The lowest BCUT2D eigenvalue weighted by atomic mass is 10.0. The molecule has 0 aromatic carbocycles. The first-order valence-corrected chi connectivity index (χ1v) is 12.2. The zero-order chi connectivity index (χ0) is 26.8. The van der Waals surface area contributed by atoms with Crippen LogP contribution >= 0.6 is 0 Å². The first-order chi connectivity index (χ1) is 18.4. The number of nitrogens with one attached hydrogen (secondary N) is 1. The number of ketones is 2. The summed E-state index contributed by atoms with van der Waals surface area (Å²) >= 11 is 0. The highest BCUT2D eigenvalue weighted by molar-refractivity contribution is 6.46. The van der Waals surface area contributed by atoms with Gasteiger partial charge in [0.1, 0.15) is 23.8 Å². The van der Waals surface area contributed by atoms with E-state index in [1.165, 1.54) is 17.8 Å². The van der Waals surface area contributed by atoms with Gasteiger partial charge in [-0.15, -0.1) is 5.10 Å². The van der Waals surface area contributed by atoms with Crippen molar-refractivity contribution < 1.29 is 14.4 Å². The minimum Gasteiger partial charge on any atom is -0.327 e. The normalized spacial score (nSPS) is 20.4. The van der Waals surface area contributed by atoms with Crippen LogP contribution in [0.4, 0.5) is 11.6 Å². The SMILES string of the molecule is C=C/C=C\C(=NC=C)C(=O)[C@@H]1C[C@H]2C[C@H]2N1C(=O)Cn1nc(C(C)=O)c2cc(Nc3cccnn3)ncc21. The van der Waals surface area contributed by atoms with E-state index < -0.39 is 6.04 Å². The Labute approximate surface area is 218 Å². The van der Waals surface area contributed by atoms with Gasteiger partial charge in [-0.25, -0.2) is 4.98 Å². The number of pyridine rings is 1. The molecule has 3 atom stereocenters. The second-order valence-electron chi connectivity index (χ2n) is 9.15. The number of Topliss-reactive ketones (excluding diaryl/α,β-unsaturated/α-hetero) is 2. The Morgan fingerprint density at radius 3 is 2.79 bits per heavy atom. The van der Waals surface area contributed by atoms with Crippen LogP contribution in [-0.4, -0.2) is 65.1 Å². The molecule has 1 aliphatic heterocycles. The Morgan fingerprint density at radius 1 is 1.24 bits per heavy atom. The number of fused-ring (bicyclic) bond motifs is 2. The van der Waals surface area contributed by atoms with Crippen molar-refractivity contribution >= 4 is 45.7 Å². The van der Waals surface area contributed by atoms with Crippen molar-refractivity contribution in [1.29, 1.82) is 0 Å². The van der Waals surface area contributed by atoms with Crippen molar-refractivity contribution in [1.82, 2.24) is 29.9 Å². The van der Waals surface area contributed by atoms with E-state index >= 15 is 0 Å². The fraction of sp³-hybridized carbons (Fsp3) is 0.259. The summed E-state index contributed by atoms with van der Waals surface area (Å²) in [7, 11) is 0. The Bertz CT molecular complexity index is 1510. The van der Waals surface area contributed by atoms with Crippen molar-refractivity contribution in [2.75, 3.05) is 5.32 Å². The van der Waals surface area contributed by atoms with Crippen LogP contribution in [0.15, 0.2) is 73.2 Å². The molecule has 1 N–H and O–H groups in total. The van der Waals surface area contributed by atoms with Crippen molar-refractivity contribution in [3.05, 3.63) is 73.9 Å². The van der Waals surface area contributed by atoms with Gasteiger partial charge in [-0.3, -0.25) is 24.1 Å². The molecule has 0 bridgehead atoms. The molecule has 4 heterocycles. The van der Waals surface area contributed by atoms with E-state index in [1.54, 1.807) is 53.7 Å². The third-order valence-corrected chi connectivity index (χ3v) is 6.65. The van der Waals surface area contributed by atoms with Crippen LogP contribution in [0.25, 0.3) is 10.9 Å². The van der Waals surface area contributed by atoms with E-state index in [-0.39, 0.29) is 41.5 Å². The predicted molar refractivity (Wildman–Crippen MR) is 142 cm³/mol. The molecule has 0 radical (unpaired) electrons. The lowest BCUT2D eigenvalue weighted by molar-refractivity contribution is -0.137. The molecule has 1 saturated carbocycles. The number of piperidine rings is 1. The molecule has 1 saturated heterocycles. The molecule has 1 amide bonds. The number of allylic oxidation sites excluding steroid dienone is 3. The van der Waals surface area contributed by atoms with E-state index in [4.69, 9.17) is 0 Å². The lowest BCUT2D eigenvalue weighted by Crippen LogP contribution is -2.46. The number of likely N-dealkylation sites (tertiary alicyclic amines) is 1. The molecule has 0 unspecified atom stereocenters. The maximum absolute atomic E-state index is 13.6. The van der Waals surface area contributed by atoms with Crippen LogP contribution in [0.1, 0.15) is 30.3 Å². The summed E-state index contributed by atoms with van der Waals surface area (Å²) in [6.07, 6.45) is 10.6. The molecule has 0 spiro atoms. The van der Waals surface area contributed by atoms with Gasteiger partial charge in [-0.05, 0) is 43.0 Å². The van der Waals surface area contributed by atoms with Gasteiger partial charge in [0.25, 0.3) is 0 Å². The number of aliphatic imine (C=N–C) groups is 1. The second-order valence-corrected chi connectivity index (χ2v) is 9.15. The fourth-order valence-corrected chi connectivity index (χ4v) is 4.90. The standard InChI is InChI=1S/C27H26N8O3/c1-4-6-8-19(28-5-2)27(38)21-12-17-11-20(17)35(21)25(37)15-34-22-14-29-24(31-23-9-7-10-30-32-23)13-18(22)26(33-34)16(3)36/h4-10,13-14,17,20-21H,1-2,11-12,15H2,3H3,(H,29,31,32)/b8-6-,28-19?/t17-,20-,21+/m1/s1. The smallest absolute Gasteiger partial charge is 0.245 e. The van der Waals surface area contributed by atoms with Gasteiger partial charge in [0.05, 0.1) is 17.8 Å². The molecule has 1 aliphatic carbocycles. The number of amides is 1. The third kappa shape index (κ3) is 4.77. The fourth-order valence-electron chi connectivity index (χ4n) is 4.90. The quantitative estimate of drug-likeness (QED) is 0.250. The van der Waals surface area contributed by atoms with Gasteiger partial charge >= 0.3 is 0 Å². The summed E-state index contributed by atoms with van der Waals surface area (Å²) < 4.78 is 1.47. The van der Waals surface area contributed by atoms with Gasteiger partial charge in [0.15, 0.2) is 11.6 Å². The third-order valence-electron chi connectivity index (χ3n) is 6.65. The molecule has 2 aliphatic rings. The zero-order valence-electron chi connectivity index (χ0n) is 20.8. The topological polar surface area (TPSA) is 135 Å². The Balaban J connectivity index is 1.42. The zero-order valence-corrected chi connectivity index (χ0v) is 20.8.